The van der Waals surface area contributed by atoms with Gasteiger partial charge in [-0.1, -0.05) is 6.92 Å². The number of hydrogen-bond acceptors (Lipinski definition) is 3. The Morgan fingerprint density at radius 1 is 1.44 bits per heavy atom. The minimum absolute atomic E-state index is 0.534. The third kappa shape index (κ3) is 3.56. The molecule has 1 heterocycles. The average molecular weight is 267 g/mol. The molecule has 1 aliphatic rings. The average Bonchev–Trinajstić information content (AvgIpc) is 2.72. The van der Waals surface area contributed by atoms with Crippen molar-refractivity contribution in [1.82, 2.24) is 5.32 Å². The second-order valence-electron chi connectivity index (χ2n) is 5.25. The summed E-state index contributed by atoms with van der Waals surface area (Å²) in [5.41, 5.74) is 1.47. The van der Waals surface area contributed by atoms with Gasteiger partial charge >= 0.3 is 0 Å². The Morgan fingerprint density at radius 3 is 2.78 bits per heavy atom. The van der Waals surface area contributed by atoms with Crippen LogP contribution in [-0.2, 0) is 4.74 Å². The second kappa shape index (κ2) is 6.69. The van der Waals surface area contributed by atoms with E-state index in [4.69, 9.17) is 4.74 Å². The van der Waals surface area contributed by atoms with E-state index in [-0.39, 0.29) is 0 Å². The molecule has 1 saturated carbocycles. The van der Waals surface area contributed by atoms with Crippen LogP contribution in [0.4, 0.5) is 0 Å². The summed E-state index contributed by atoms with van der Waals surface area (Å²) in [5, 5.41) is 5.93. The molecule has 3 heteroatoms. The van der Waals surface area contributed by atoms with Crippen LogP contribution >= 0.6 is 11.3 Å². The number of hydrogen-bond donors (Lipinski definition) is 1. The van der Waals surface area contributed by atoms with Crippen molar-refractivity contribution in [1.29, 1.82) is 0 Å². The van der Waals surface area contributed by atoms with Crippen LogP contribution in [0.25, 0.3) is 0 Å². The summed E-state index contributed by atoms with van der Waals surface area (Å²) in [6.45, 7) is 8.36. The van der Waals surface area contributed by atoms with Gasteiger partial charge in [-0.25, -0.2) is 0 Å². The van der Waals surface area contributed by atoms with Gasteiger partial charge in [0.1, 0.15) is 0 Å². The monoisotopic (exact) mass is 267 g/mol. The lowest BCUT2D eigenvalue weighted by Crippen LogP contribution is -2.34. The first-order chi connectivity index (χ1) is 8.72. The topological polar surface area (TPSA) is 21.3 Å². The molecule has 1 aliphatic carbocycles. The van der Waals surface area contributed by atoms with Crippen LogP contribution in [0.1, 0.15) is 49.6 Å². The van der Waals surface area contributed by atoms with Gasteiger partial charge in [0, 0.05) is 17.5 Å². The molecule has 0 aliphatic heterocycles. The fraction of sp³-hybridized carbons (Fsp3) is 0.733. The molecule has 1 N–H and O–H groups in total. The second-order valence-corrected chi connectivity index (χ2v) is 6.37. The third-order valence-electron chi connectivity index (χ3n) is 3.77. The molecule has 0 spiro atoms. The van der Waals surface area contributed by atoms with E-state index in [0.29, 0.717) is 12.1 Å². The molecule has 0 radical (unpaired) electrons. The van der Waals surface area contributed by atoms with Gasteiger partial charge in [-0.15, -0.1) is 11.3 Å². The highest BCUT2D eigenvalue weighted by molar-refractivity contribution is 7.10. The van der Waals surface area contributed by atoms with E-state index in [1.807, 2.05) is 11.3 Å². The van der Waals surface area contributed by atoms with E-state index < -0.39 is 0 Å². The zero-order valence-electron chi connectivity index (χ0n) is 11.7. The standard InChI is InChI=1S/C15H25NOS/c1-4-16-15(13-6-11(3)18-10-13)9-12-7-14(8-12)17-5-2/h6,10,12,14-16H,4-5,7-9H2,1-3H3. The van der Waals surface area contributed by atoms with Crippen molar-refractivity contribution in [2.75, 3.05) is 13.2 Å². The van der Waals surface area contributed by atoms with E-state index in [1.165, 1.54) is 29.7 Å². The molecule has 1 fully saturated rings. The van der Waals surface area contributed by atoms with Gasteiger partial charge in [-0.2, -0.15) is 0 Å². The number of ether oxygens (including phenoxy) is 1. The zero-order chi connectivity index (χ0) is 13.0. The van der Waals surface area contributed by atoms with Crippen molar-refractivity contribution in [2.45, 2.75) is 52.2 Å². The first-order valence-corrected chi connectivity index (χ1v) is 8.00. The lowest BCUT2D eigenvalue weighted by atomic mass is 9.77. The molecule has 102 valence electrons. The zero-order valence-corrected chi connectivity index (χ0v) is 12.6. The number of thiophene rings is 1. The Balaban J connectivity index is 1.84. The lowest BCUT2D eigenvalue weighted by molar-refractivity contribution is -0.0291. The summed E-state index contributed by atoms with van der Waals surface area (Å²) in [6.07, 6.45) is 4.29. The number of nitrogens with one attached hydrogen (secondary N) is 1. The fourth-order valence-corrected chi connectivity index (χ4v) is 3.56. The van der Waals surface area contributed by atoms with Crippen molar-refractivity contribution in [2.24, 2.45) is 5.92 Å². The molecular formula is C15H25NOS. The van der Waals surface area contributed by atoms with Crippen molar-refractivity contribution in [3.8, 4) is 0 Å². The number of aryl methyl sites for hydroxylation is 1. The lowest BCUT2D eigenvalue weighted by Gasteiger charge is -2.37. The van der Waals surface area contributed by atoms with Crippen molar-refractivity contribution in [3.63, 3.8) is 0 Å². The summed E-state index contributed by atoms with van der Waals surface area (Å²) in [4.78, 5) is 1.41. The minimum Gasteiger partial charge on any atom is -0.378 e. The first-order valence-electron chi connectivity index (χ1n) is 7.12. The van der Waals surface area contributed by atoms with E-state index in [9.17, 15) is 0 Å². The summed E-state index contributed by atoms with van der Waals surface area (Å²) in [5.74, 6) is 0.839. The predicted octanol–water partition coefficient (Wildman–Crippen LogP) is 3.91. The van der Waals surface area contributed by atoms with Gasteiger partial charge in [-0.3, -0.25) is 0 Å². The smallest absolute Gasteiger partial charge is 0.0580 e. The molecule has 1 atom stereocenters. The van der Waals surface area contributed by atoms with Gasteiger partial charge < -0.3 is 10.1 Å². The van der Waals surface area contributed by atoms with Crippen LogP contribution in [0.3, 0.4) is 0 Å². The van der Waals surface area contributed by atoms with Crippen molar-refractivity contribution in [3.05, 3.63) is 21.9 Å². The SMILES string of the molecule is CCNC(CC1CC(OCC)C1)c1csc(C)c1. The molecule has 0 amide bonds. The van der Waals surface area contributed by atoms with Gasteiger partial charge in [0.25, 0.3) is 0 Å². The molecule has 1 unspecified atom stereocenters. The molecule has 1 aromatic rings. The Hall–Kier alpha value is -0.380. The summed E-state index contributed by atoms with van der Waals surface area (Å²) in [6, 6.07) is 2.86. The maximum atomic E-state index is 5.64. The molecular weight excluding hydrogens is 242 g/mol. The minimum atomic E-state index is 0.534. The Bertz CT molecular complexity index is 357. The van der Waals surface area contributed by atoms with Gasteiger partial charge in [-0.05, 0) is 62.6 Å². The van der Waals surface area contributed by atoms with E-state index in [0.717, 1.165) is 19.1 Å². The van der Waals surface area contributed by atoms with Crippen LogP contribution in [0.5, 0.6) is 0 Å². The van der Waals surface area contributed by atoms with Crippen LogP contribution < -0.4 is 5.32 Å². The molecule has 2 nitrogen and oxygen atoms in total. The first kappa shape index (κ1) is 14.0. The van der Waals surface area contributed by atoms with Crippen LogP contribution in [-0.4, -0.2) is 19.3 Å². The molecule has 0 bridgehead atoms. The van der Waals surface area contributed by atoms with E-state index in [1.54, 1.807) is 0 Å². The highest BCUT2D eigenvalue weighted by Gasteiger charge is 2.31. The van der Waals surface area contributed by atoms with Crippen LogP contribution in [0.2, 0.25) is 0 Å². The fourth-order valence-electron chi connectivity index (χ4n) is 2.80. The highest BCUT2D eigenvalue weighted by Crippen LogP contribution is 2.37. The van der Waals surface area contributed by atoms with E-state index >= 15 is 0 Å². The largest absolute Gasteiger partial charge is 0.378 e. The maximum Gasteiger partial charge on any atom is 0.0580 e. The Kier molecular flexibility index (Phi) is 5.22. The summed E-state index contributed by atoms with van der Waals surface area (Å²) >= 11 is 1.86. The Morgan fingerprint density at radius 2 is 2.22 bits per heavy atom. The van der Waals surface area contributed by atoms with E-state index in [2.05, 4.69) is 37.5 Å². The summed E-state index contributed by atoms with van der Waals surface area (Å²) < 4.78 is 5.64. The van der Waals surface area contributed by atoms with Crippen LogP contribution in [0, 0.1) is 12.8 Å². The van der Waals surface area contributed by atoms with Gasteiger partial charge in [0.15, 0.2) is 0 Å². The van der Waals surface area contributed by atoms with Crippen molar-refractivity contribution >= 4 is 11.3 Å². The molecule has 0 saturated heterocycles. The van der Waals surface area contributed by atoms with Crippen LogP contribution in [0.15, 0.2) is 11.4 Å². The predicted molar refractivity (Wildman–Crippen MR) is 78.2 cm³/mol. The third-order valence-corrected chi connectivity index (χ3v) is 4.65. The quantitative estimate of drug-likeness (QED) is 0.808. The molecule has 0 aromatic carbocycles. The summed E-state index contributed by atoms with van der Waals surface area (Å²) in [7, 11) is 0. The molecule has 18 heavy (non-hydrogen) atoms. The molecule has 2 rings (SSSR count). The number of rotatable bonds is 7. The maximum absolute atomic E-state index is 5.64. The van der Waals surface area contributed by atoms with Crippen molar-refractivity contribution < 1.29 is 4.74 Å². The molecule has 1 aromatic heterocycles. The highest BCUT2D eigenvalue weighted by atomic mass is 32.1. The normalized spacial score (nSPS) is 24.8. The van der Waals surface area contributed by atoms with Gasteiger partial charge in [0.05, 0.1) is 6.10 Å². The van der Waals surface area contributed by atoms with Gasteiger partial charge in [0.2, 0.25) is 0 Å². The Labute approximate surface area is 115 Å².